The number of nitrogens with zero attached hydrogens (tertiary/aromatic N) is 3. The Morgan fingerprint density at radius 3 is 2.33 bits per heavy atom. The summed E-state index contributed by atoms with van der Waals surface area (Å²) in [5.74, 6) is -0.292. The normalized spacial score (nSPS) is 20.9. The fraction of sp³-hybridized carbons (Fsp3) is 0.750. The molecular weight excluding hydrogens is 346 g/mol. The lowest BCUT2D eigenvalue weighted by Crippen LogP contribution is -2.54. The van der Waals surface area contributed by atoms with E-state index in [9.17, 15) is 9.59 Å². The average molecular weight is 377 g/mol. The van der Waals surface area contributed by atoms with Crippen LogP contribution in [0.15, 0.2) is 6.20 Å². The summed E-state index contributed by atoms with van der Waals surface area (Å²) in [7, 11) is 1.42. The van der Waals surface area contributed by atoms with Crippen molar-refractivity contribution in [3.05, 3.63) is 17.5 Å². The number of ether oxygens (including phenoxy) is 2. The van der Waals surface area contributed by atoms with Gasteiger partial charge in [-0.15, -0.1) is 0 Å². The van der Waals surface area contributed by atoms with Gasteiger partial charge in [-0.25, -0.2) is 9.59 Å². The van der Waals surface area contributed by atoms with Crippen LogP contribution in [0, 0.1) is 0 Å². The lowest BCUT2D eigenvalue weighted by atomic mass is 9.84. The molecule has 150 valence electrons. The topological polar surface area (TPSA) is 73.7 Å². The second kappa shape index (κ2) is 6.53. The van der Waals surface area contributed by atoms with Crippen molar-refractivity contribution in [1.29, 1.82) is 0 Å². The standard InChI is InChI=1S/C20H31N3O4/c1-18(2,3)27-17(25)22-11-9-20(10-12-22,16(24)26-6)23-15-14(13-21-23)7-8-19(15,4)5/h13H,7-12H2,1-6H3. The number of aromatic nitrogens is 2. The van der Waals surface area contributed by atoms with E-state index in [1.54, 1.807) is 4.90 Å². The summed E-state index contributed by atoms with van der Waals surface area (Å²) >= 11 is 0. The minimum absolute atomic E-state index is 0.0326. The fourth-order valence-electron chi connectivity index (χ4n) is 4.25. The smallest absolute Gasteiger partial charge is 0.410 e. The van der Waals surface area contributed by atoms with Crippen molar-refractivity contribution in [3.63, 3.8) is 0 Å². The highest BCUT2D eigenvalue weighted by Gasteiger charge is 2.50. The Labute approximate surface area is 161 Å². The van der Waals surface area contributed by atoms with Gasteiger partial charge in [0.25, 0.3) is 0 Å². The molecule has 1 saturated heterocycles. The van der Waals surface area contributed by atoms with Crippen molar-refractivity contribution in [3.8, 4) is 0 Å². The first-order valence-electron chi connectivity index (χ1n) is 9.64. The second-order valence-electron chi connectivity index (χ2n) is 9.30. The molecule has 1 aromatic heterocycles. The Morgan fingerprint density at radius 2 is 1.78 bits per heavy atom. The van der Waals surface area contributed by atoms with Crippen LogP contribution in [0.25, 0.3) is 0 Å². The average Bonchev–Trinajstić information content (AvgIpc) is 3.14. The zero-order valence-electron chi connectivity index (χ0n) is 17.3. The zero-order valence-corrected chi connectivity index (χ0v) is 17.3. The van der Waals surface area contributed by atoms with Crippen LogP contribution in [0.2, 0.25) is 0 Å². The Morgan fingerprint density at radius 1 is 1.15 bits per heavy atom. The number of hydrogen-bond donors (Lipinski definition) is 0. The molecule has 0 spiro atoms. The number of carbonyl (C=O) groups is 2. The Hall–Kier alpha value is -2.05. The quantitative estimate of drug-likeness (QED) is 0.741. The van der Waals surface area contributed by atoms with Gasteiger partial charge in [0.05, 0.1) is 13.3 Å². The zero-order chi connectivity index (χ0) is 20.0. The molecule has 1 aliphatic carbocycles. The molecule has 7 heteroatoms. The molecule has 1 aliphatic heterocycles. The number of carbonyl (C=O) groups excluding carboxylic acids is 2. The maximum absolute atomic E-state index is 12.9. The molecular formula is C20H31N3O4. The summed E-state index contributed by atoms with van der Waals surface area (Å²) in [6.45, 7) is 10.8. The van der Waals surface area contributed by atoms with Crippen LogP contribution in [-0.4, -0.2) is 52.5 Å². The SMILES string of the molecule is COC(=O)C1(n2ncc3c2C(C)(C)CC3)CCN(C(=O)OC(C)(C)C)CC1. The first-order chi connectivity index (χ1) is 12.5. The molecule has 0 unspecified atom stereocenters. The van der Waals surface area contributed by atoms with E-state index in [2.05, 4.69) is 18.9 Å². The number of aryl methyl sites for hydroxylation is 1. The number of methoxy groups -OCH3 is 1. The van der Waals surface area contributed by atoms with Gasteiger partial charge < -0.3 is 14.4 Å². The van der Waals surface area contributed by atoms with E-state index in [1.165, 1.54) is 12.7 Å². The molecule has 0 bridgehead atoms. The third-order valence-electron chi connectivity index (χ3n) is 5.72. The third kappa shape index (κ3) is 3.44. The molecule has 0 radical (unpaired) electrons. The number of fused-ring (bicyclic) bond motifs is 1. The number of rotatable bonds is 2. The van der Waals surface area contributed by atoms with Crippen molar-refractivity contribution >= 4 is 12.1 Å². The van der Waals surface area contributed by atoms with Gasteiger partial charge in [0, 0.05) is 37.0 Å². The first kappa shape index (κ1) is 19.7. The second-order valence-corrected chi connectivity index (χ2v) is 9.30. The van der Waals surface area contributed by atoms with Gasteiger partial charge in [0.1, 0.15) is 5.60 Å². The predicted molar refractivity (Wildman–Crippen MR) is 101 cm³/mol. The van der Waals surface area contributed by atoms with E-state index in [-0.39, 0.29) is 17.5 Å². The molecule has 1 aromatic rings. The van der Waals surface area contributed by atoms with Gasteiger partial charge in [0.2, 0.25) is 0 Å². The molecule has 3 rings (SSSR count). The van der Waals surface area contributed by atoms with Crippen molar-refractivity contribution in [2.24, 2.45) is 0 Å². The highest BCUT2D eigenvalue weighted by Crippen LogP contribution is 2.43. The minimum atomic E-state index is -0.873. The molecule has 1 amide bonds. The summed E-state index contributed by atoms with van der Waals surface area (Å²) in [4.78, 5) is 27.0. The predicted octanol–water partition coefficient (Wildman–Crippen LogP) is 3.01. The lowest BCUT2D eigenvalue weighted by Gasteiger charge is -2.41. The highest BCUT2D eigenvalue weighted by atomic mass is 16.6. The summed E-state index contributed by atoms with van der Waals surface area (Å²) in [6.07, 6.45) is 4.48. The number of piperidine rings is 1. The van der Waals surface area contributed by atoms with Crippen LogP contribution in [0.5, 0.6) is 0 Å². The van der Waals surface area contributed by atoms with Gasteiger partial charge in [-0.2, -0.15) is 5.10 Å². The molecule has 2 aliphatic rings. The Bertz CT molecular complexity index is 737. The summed E-state index contributed by atoms with van der Waals surface area (Å²) in [5.41, 5.74) is 0.884. The number of amides is 1. The van der Waals surface area contributed by atoms with Gasteiger partial charge in [-0.1, -0.05) is 13.8 Å². The number of hydrogen-bond acceptors (Lipinski definition) is 5. The Balaban J connectivity index is 1.88. The molecule has 0 saturated carbocycles. The number of likely N-dealkylation sites (tertiary alicyclic amines) is 1. The van der Waals surface area contributed by atoms with E-state index in [1.807, 2.05) is 31.6 Å². The van der Waals surface area contributed by atoms with Crippen molar-refractivity contribution in [1.82, 2.24) is 14.7 Å². The van der Waals surface area contributed by atoms with Crippen LogP contribution in [0.4, 0.5) is 4.79 Å². The largest absolute Gasteiger partial charge is 0.467 e. The molecule has 1 fully saturated rings. The van der Waals surface area contributed by atoms with Crippen molar-refractivity contribution < 1.29 is 19.1 Å². The van der Waals surface area contributed by atoms with Crippen LogP contribution in [-0.2, 0) is 31.6 Å². The third-order valence-corrected chi connectivity index (χ3v) is 5.72. The van der Waals surface area contributed by atoms with Crippen molar-refractivity contribution in [2.45, 2.75) is 76.9 Å². The number of esters is 1. The van der Waals surface area contributed by atoms with E-state index in [0.29, 0.717) is 25.9 Å². The van der Waals surface area contributed by atoms with Gasteiger partial charge in [0.15, 0.2) is 5.54 Å². The lowest BCUT2D eigenvalue weighted by molar-refractivity contribution is -0.155. The maximum atomic E-state index is 12.9. The fourth-order valence-corrected chi connectivity index (χ4v) is 4.25. The molecule has 0 atom stereocenters. The van der Waals surface area contributed by atoms with Crippen LogP contribution >= 0.6 is 0 Å². The summed E-state index contributed by atoms with van der Waals surface area (Å²) < 4.78 is 12.6. The molecule has 0 N–H and O–H groups in total. The van der Waals surface area contributed by atoms with Crippen LogP contribution in [0.3, 0.4) is 0 Å². The highest BCUT2D eigenvalue weighted by molar-refractivity contribution is 5.79. The van der Waals surface area contributed by atoms with E-state index < -0.39 is 11.1 Å². The van der Waals surface area contributed by atoms with E-state index >= 15 is 0 Å². The minimum Gasteiger partial charge on any atom is -0.467 e. The first-order valence-corrected chi connectivity index (χ1v) is 9.64. The van der Waals surface area contributed by atoms with E-state index in [0.717, 1.165) is 18.5 Å². The van der Waals surface area contributed by atoms with Gasteiger partial charge in [-0.05, 0) is 39.2 Å². The summed E-state index contributed by atoms with van der Waals surface area (Å²) in [6, 6.07) is 0. The Kier molecular flexibility index (Phi) is 4.77. The van der Waals surface area contributed by atoms with Crippen molar-refractivity contribution in [2.75, 3.05) is 20.2 Å². The molecule has 2 heterocycles. The monoisotopic (exact) mass is 377 g/mol. The maximum Gasteiger partial charge on any atom is 0.410 e. The van der Waals surface area contributed by atoms with Gasteiger partial charge in [-0.3, -0.25) is 4.68 Å². The molecule has 27 heavy (non-hydrogen) atoms. The molecule has 7 nitrogen and oxygen atoms in total. The molecule has 0 aromatic carbocycles. The van der Waals surface area contributed by atoms with E-state index in [4.69, 9.17) is 9.47 Å². The summed E-state index contributed by atoms with van der Waals surface area (Å²) in [5, 5.41) is 4.61. The van der Waals surface area contributed by atoms with Crippen LogP contribution in [0.1, 0.15) is 65.1 Å². The van der Waals surface area contributed by atoms with Crippen LogP contribution < -0.4 is 0 Å². The van der Waals surface area contributed by atoms with Gasteiger partial charge >= 0.3 is 12.1 Å².